The average molecular weight is 367 g/mol. The fourth-order valence-corrected chi connectivity index (χ4v) is 4.29. The zero-order valence-corrected chi connectivity index (χ0v) is 14.2. The fraction of sp³-hybridized carbons (Fsp3) is 0.533. The van der Waals surface area contributed by atoms with Gasteiger partial charge in [0.15, 0.2) is 5.82 Å². The molecule has 2 aromatic heterocycles. The number of halogens is 1. The summed E-state index contributed by atoms with van der Waals surface area (Å²) < 4.78 is 2.58. The van der Waals surface area contributed by atoms with Crippen molar-refractivity contribution in [1.82, 2.24) is 14.4 Å². The minimum absolute atomic E-state index is 0.311. The molecule has 3 N–H and O–H groups in total. The van der Waals surface area contributed by atoms with E-state index in [-0.39, 0.29) is 5.41 Å². The topological polar surface area (TPSA) is 93.5 Å². The first-order valence-electron chi connectivity index (χ1n) is 7.29. The van der Waals surface area contributed by atoms with Gasteiger partial charge in [-0.25, -0.2) is 9.97 Å². The third-order valence-corrected chi connectivity index (χ3v) is 5.39. The van der Waals surface area contributed by atoms with Crippen LogP contribution < -0.4 is 5.73 Å². The monoisotopic (exact) mass is 366 g/mol. The first-order chi connectivity index (χ1) is 10.3. The van der Waals surface area contributed by atoms with E-state index in [0.717, 1.165) is 24.2 Å². The van der Waals surface area contributed by atoms with Crippen molar-refractivity contribution in [2.24, 2.45) is 5.41 Å². The molecule has 3 rings (SSSR count). The van der Waals surface area contributed by atoms with Crippen molar-refractivity contribution in [2.75, 3.05) is 5.73 Å². The van der Waals surface area contributed by atoms with Crippen molar-refractivity contribution >= 4 is 33.2 Å². The number of rotatable bonds is 2. The molecule has 1 fully saturated rings. The second-order valence-electron chi connectivity index (χ2n) is 6.71. The minimum Gasteiger partial charge on any atom is -0.481 e. The fourth-order valence-electron chi connectivity index (χ4n) is 3.73. The Hall–Kier alpha value is -1.63. The van der Waals surface area contributed by atoms with Crippen LogP contribution in [-0.4, -0.2) is 25.4 Å². The summed E-state index contributed by atoms with van der Waals surface area (Å²) in [5, 5.41) is 9.57. The second kappa shape index (κ2) is 4.94. The third kappa shape index (κ3) is 2.18. The highest BCUT2D eigenvalue weighted by molar-refractivity contribution is 9.10. The van der Waals surface area contributed by atoms with Crippen molar-refractivity contribution in [3.8, 4) is 0 Å². The molecule has 22 heavy (non-hydrogen) atoms. The van der Waals surface area contributed by atoms with Crippen LogP contribution in [0.25, 0.3) is 5.52 Å². The van der Waals surface area contributed by atoms with Gasteiger partial charge in [0, 0.05) is 17.8 Å². The molecule has 0 radical (unpaired) electrons. The summed E-state index contributed by atoms with van der Waals surface area (Å²) in [6, 6.07) is 0. The van der Waals surface area contributed by atoms with Crippen LogP contribution in [0.2, 0.25) is 0 Å². The van der Waals surface area contributed by atoms with E-state index in [9.17, 15) is 9.90 Å². The number of carboxylic acid groups (broad SMARTS) is 1. The molecule has 0 saturated heterocycles. The van der Waals surface area contributed by atoms with Crippen LogP contribution in [-0.2, 0) is 10.2 Å². The van der Waals surface area contributed by atoms with Crippen LogP contribution in [0.4, 0.5) is 5.82 Å². The number of nitrogen functional groups attached to an aromatic ring is 1. The molecular weight excluding hydrogens is 348 g/mol. The van der Waals surface area contributed by atoms with E-state index >= 15 is 0 Å². The molecule has 1 aliphatic carbocycles. The maximum absolute atomic E-state index is 11.7. The summed E-state index contributed by atoms with van der Waals surface area (Å²) in [6.07, 6.45) is 6.50. The van der Waals surface area contributed by atoms with E-state index in [0.29, 0.717) is 23.3 Å². The first-order valence-corrected chi connectivity index (χ1v) is 8.08. The van der Waals surface area contributed by atoms with Gasteiger partial charge < -0.3 is 10.8 Å². The lowest BCUT2D eigenvalue weighted by atomic mass is 9.63. The highest BCUT2D eigenvalue weighted by atomic mass is 79.9. The number of hydrogen-bond acceptors (Lipinski definition) is 4. The third-order valence-electron chi connectivity index (χ3n) is 4.83. The number of imidazole rings is 1. The second-order valence-corrected chi connectivity index (χ2v) is 7.47. The molecule has 2 atom stereocenters. The van der Waals surface area contributed by atoms with E-state index in [1.807, 2.05) is 17.5 Å². The van der Waals surface area contributed by atoms with Gasteiger partial charge in [0.1, 0.15) is 15.9 Å². The van der Waals surface area contributed by atoms with Gasteiger partial charge in [-0.2, -0.15) is 0 Å². The predicted molar refractivity (Wildman–Crippen MR) is 86.7 cm³/mol. The highest BCUT2D eigenvalue weighted by Gasteiger charge is 2.46. The van der Waals surface area contributed by atoms with Gasteiger partial charge in [-0.1, -0.05) is 13.3 Å². The summed E-state index contributed by atoms with van der Waals surface area (Å²) in [5.74, 6) is 0.517. The quantitative estimate of drug-likeness (QED) is 0.851. The number of aromatic nitrogens is 3. The maximum Gasteiger partial charge on any atom is 0.309 e. The largest absolute Gasteiger partial charge is 0.481 e. The Balaban J connectivity index is 2.14. The smallest absolute Gasteiger partial charge is 0.309 e. The van der Waals surface area contributed by atoms with Crippen LogP contribution in [0.15, 0.2) is 17.0 Å². The molecule has 0 bridgehead atoms. The lowest BCUT2D eigenvalue weighted by Crippen LogP contribution is -2.41. The van der Waals surface area contributed by atoms with E-state index in [2.05, 4.69) is 32.8 Å². The van der Waals surface area contributed by atoms with Crippen LogP contribution in [0.1, 0.15) is 45.4 Å². The molecule has 1 aliphatic rings. The summed E-state index contributed by atoms with van der Waals surface area (Å²) in [4.78, 5) is 20.4. The Morgan fingerprint density at radius 3 is 2.86 bits per heavy atom. The van der Waals surface area contributed by atoms with Crippen molar-refractivity contribution < 1.29 is 9.90 Å². The molecular formula is C15H19BrN4O2. The number of carbonyl (C=O) groups is 1. The first kappa shape index (κ1) is 15.3. The van der Waals surface area contributed by atoms with Gasteiger partial charge in [0.25, 0.3) is 0 Å². The number of carboxylic acids is 1. The van der Waals surface area contributed by atoms with Crippen molar-refractivity contribution in [3.63, 3.8) is 0 Å². The summed E-state index contributed by atoms with van der Waals surface area (Å²) >= 11 is 3.45. The lowest BCUT2D eigenvalue weighted by molar-refractivity contribution is -0.151. The predicted octanol–water partition coefficient (Wildman–Crippen LogP) is 3.00. The molecule has 7 heteroatoms. The standard InChI is InChI=1S/C15H19BrN4O2/c1-14(4-3-5-15(2,8-14)13(21)22)12-19-10(16)9-11(17)18-6-7-20(9)12/h6-7H,3-5,8H2,1-2H3,(H2,17,18)(H,21,22). The Bertz CT molecular complexity index is 759. The van der Waals surface area contributed by atoms with Gasteiger partial charge in [-0.05, 0) is 42.1 Å². The van der Waals surface area contributed by atoms with E-state index in [1.54, 1.807) is 6.20 Å². The van der Waals surface area contributed by atoms with Gasteiger partial charge >= 0.3 is 5.97 Å². The Labute approximate surface area is 136 Å². The Morgan fingerprint density at radius 1 is 1.45 bits per heavy atom. The van der Waals surface area contributed by atoms with Gasteiger partial charge in [-0.3, -0.25) is 9.20 Å². The van der Waals surface area contributed by atoms with Crippen LogP contribution in [0, 0.1) is 5.41 Å². The SMILES string of the molecule is CC1(C(=O)O)CCCC(C)(c2nc(Br)c3c(N)nccn23)C1. The summed E-state index contributed by atoms with van der Waals surface area (Å²) in [7, 11) is 0. The highest BCUT2D eigenvalue weighted by Crippen LogP contribution is 2.48. The molecule has 0 aliphatic heterocycles. The molecule has 2 heterocycles. The van der Waals surface area contributed by atoms with E-state index < -0.39 is 11.4 Å². The molecule has 1 saturated carbocycles. The Kier molecular flexibility index (Phi) is 3.43. The van der Waals surface area contributed by atoms with Gasteiger partial charge in [0.05, 0.1) is 5.41 Å². The molecule has 2 aromatic rings. The van der Waals surface area contributed by atoms with Crippen molar-refractivity contribution in [1.29, 1.82) is 0 Å². The molecule has 6 nitrogen and oxygen atoms in total. The number of anilines is 1. The summed E-state index contributed by atoms with van der Waals surface area (Å²) in [6.45, 7) is 3.92. The van der Waals surface area contributed by atoms with Gasteiger partial charge in [-0.15, -0.1) is 0 Å². The van der Waals surface area contributed by atoms with E-state index in [1.165, 1.54) is 0 Å². The van der Waals surface area contributed by atoms with Crippen LogP contribution >= 0.6 is 15.9 Å². The molecule has 2 unspecified atom stereocenters. The number of aliphatic carboxylic acids is 1. The summed E-state index contributed by atoms with van der Waals surface area (Å²) in [5.41, 5.74) is 5.66. The van der Waals surface area contributed by atoms with Crippen LogP contribution in [0.5, 0.6) is 0 Å². The van der Waals surface area contributed by atoms with Gasteiger partial charge in [0.2, 0.25) is 0 Å². The molecule has 0 amide bonds. The number of nitrogens with two attached hydrogens (primary N) is 1. The molecule has 0 aromatic carbocycles. The lowest BCUT2D eigenvalue weighted by Gasteiger charge is -2.41. The van der Waals surface area contributed by atoms with Crippen molar-refractivity contribution in [3.05, 3.63) is 22.8 Å². The number of hydrogen-bond donors (Lipinski definition) is 2. The van der Waals surface area contributed by atoms with Crippen LogP contribution in [0.3, 0.4) is 0 Å². The zero-order valence-electron chi connectivity index (χ0n) is 12.6. The molecule has 118 valence electrons. The normalized spacial score (nSPS) is 28.9. The number of nitrogens with zero attached hydrogens (tertiary/aromatic N) is 3. The van der Waals surface area contributed by atoms with E-state index in [4.69, 9.17) is 5.73 Å². The number of fused-ring (bicyclic) bond motifs is 1. The minimum atomic E-state index is -0.737. The maximum atomic E-state index is 11.7. The molecule has 0 spiro atoms. The average Bonchev–Trinajstić information content (AvgIpc) is 2.78. The Morgan fingerprint density at radius 2 is 2.18 bits per heavy atom. The van der Waals surface area contributed by atoms with Crippen molar-refractivity contribution in [2.45, 2.75) is 44.9 Å². The zero-order chi connectivity index (χ0) is 16.1.